The molecule has 0 unspecified atom stereocenters. The van der Waals surface area contributed by atoms with Gasteiger partial charge in [0.15, 0.2) is 0 Å². The first-order chi connectivity index (χ1) is 5.33. The predicted molar refractivity (Wildman–Crippen MR) is 51.6 cm³/mol. The van der Waals surface area contributed by atoms with Crippen molar-refractivity contribution in [1.29, 1.82) is 0 Å². The van der Waals surface area contributed by atoms with Gasteiger partial charge in [-0.25, -0.2) is 0 Å². The molecule has 2 rings (SSSR count). The van der Waals surface area contributed by atoms with Crippen molar-refractivity contribution in [3.05, 3.63) is 0 Å². The minimum atomic E-state index is 0. The van der Waals surface area contributed by atoms with Crippen molar-refractivity contribution in [3.8, 4) is 0 Å². The summed E-state index contributed by atoms with van der Waals surface area (Å²) < 4.78 is 0. The first kappa shape index (κ1) is 10.3. The first-order valence-electron chi connectivity index (χ1n) is 4.72. The van der Waals surface area contributed by atoms with Gasteiger partial charge in [0.1, 0.15) is 0 Å². The molecule has 0 aromatic rings. The Morgan fingerprint density at radius 2 is 1.83 bits per heavy atom. The third-order valence-corrected chi connectivity index (χ3v) is 3.46. The van der Waals surface area contributed by atoms with Crippen molar-refractivity contribution in [2.24, 2.45) is 5.41 Å². The first-order valence-corrected chi connectivity index (χ1v) is 4.72. The van der Waals surface area contributed by atoms with Crippen LogP contribution in [0.5, 0.6) is 0 Å². The largest absolute Gasteiger partial charge is 0.393 e. The molecule has 0 radical (unpaired) electrons. The van der Waals surface area contributed by atoms with E-state index in [0.29, 0.717) is 5.41 Å². The Balaban J connectivity index is 0.000000720. The fraction of sp³-hybridized carbons (Fsp3) is 1.00. The summed E-state index contributed by atoms with van der Waals surface area (Å²) in [6.45, 7) is 2.22. The van der Waals surface area contributed by atoms with Crippen LogP contribution in [0.2, 0.25) is 0 Å². The summed E-state index contributed by atoms with van der Waals surface area (Å²) in [6, 6.07) is 0. The lowest BCUT2D eigenvalue weighted by Gasteiger charge is -2.36. The summed E-state index contributed by atoms with van der Waals surface area (Å²) in [6.07, 6.45) is 5.92. The van der Waals surface area contributed by atoms with Gasteiger partial charge in [-0.3, -0.25) is 0 Å². The van der Waals surface area contributed by atoms with Crippen LogP contribution in [0.3, 0.4) is 0 Å². The Bertz CT molecular complexity index is 145. The van der Waals surface area contributed by atoms with E-state index in [1.165, 1.54) is 25.7 Å². The van der Waals surface area contributed by atoms with Crippen molar-refractivity contribution in [3.63, 3.8) is 0 Å². The highest BCUT2D eigenvalue weighted by atomic mass is 35.5. The van der Waals surface area contributed by atoms with Crippen LogP contribution in [0.15, 0.2) is 0 Å². The Labute approximate surface area is 80.1 Å². The zero-order chi connectivity index (χ0) is 7.73. The average molecular weight is 192 g/mol. The Hall–Kier alpha value is 0.210. The van der Waals surface area contributed by atoms with E-state index >= 15 is 0 Å². The summed E-state index contributed by atoms with van der Waals surface area (Å²) >= 11 is 0. The number of piperidine rings is 1. The van der Waals surface area contributed by atoms with Crippen molar-refractivity contribution in [2.45, 2.75) is 38.2 Å². The summed E-state index contributed by atoms with van der Waals surface area (Å²) in [4.78, 5) is 0. The van der Waals surface area contributed by atoms with Gasteiger partial charge in [0.2, 0.25) is 0 Å². The Morgan fingerprint density at radius 1 is 1.17 bits per heavy atom. The molecule has 1 aliphatic heterocycles. The second kappa shape index (κ2) is 3.95. The molecule has 1 saturated heterocycles. The number of hydrogen-bond donors (Lipinski definition) is 2. The summed E-state index contributed by atoms with van der Waals surface area (Å²) in [5, 5.41) is 13.1. The van der Waals surface area contributed by atoms with Crippen molar-refractivity contribution < 1.29 is 5.11 Å². The van der Waals surface area contributed by atoms with Crippen LogP contribution in [0.25, 0.3) is 0 Å². The predicted octanol–water partition coefficient (Wildman–Crippen LogP) is 1.32. The minimum absolute atomic E-state index is 0. The summed E-state index contributed by atoms with van der Waals surface area (Å²) in [5.41, 5.74) is 0.325. The zero-order valence-electron chi connectivity index (χ0n) is 7.38. The van der Waals surface area contributed by atoms with Gasteiger partial charge in [-0.2, -0.15) is 0 Å². The third-order valence-electron chi connectivity index (χ3n) is 3.46. The molecule has 1 heterocycles. The van der Waals surface area contributed by atoms with E-state index in [1.807, 2.05) is 0 Å². The molecule has 0 amide bonds. The third kappa shape index (κ3) is 1.61. The second-order valence-corrected chi connectivity index (χ2v) is 4.02. The molecule has 1 spiro atoms. The number of aliphatic hydroxyl groups is 1. The zero-order valence-corrected chi connectivity index (χ0v) is 8.20. The van der Waals surface area contributed by atoms with E-state index in [2.05, 4.69) is 5.32 Å². The molecular formula is C9H18ClNO. The minimum Gasteiger partial charge on any atom is -0.393 e. The van der Waals surface area contributed by atoms with Crippen LogP contribution in [-0.4, -0.2) is 24.3 Å². The lowest BCUT2D eigenvalue weighted by molar-refractivity contribution is 0.0286. The van der Waals surface area contributed by atoms with Gasteiger partial charge >= 0.3 is 0 Å². The summed E-state index contributed by atoms with van der Waals surface area (Å²) in [5.74, 6) is 0. The number of hydrogen-bond acceptors (Lipinski definition) is 2. The van der Waals surface area contributed by atoms with Crippen LogP contribution in [0, 0.1) is 5.41 Å². The molecule has 1 saturated carbocycles. The number of nitrogens with one attached hydrogen (secondary N) is 1. The van der Waals surface area contributed by atoms with Crippen LogP contribution < -0.4 is 5.32 Å². The molecule has 12 heavy (non-hydrogen) atoms. The normalized spacial score (nSPS) is 33.2. The van der Waals surface area contributed by atoms with Gasteiger partial charge in [0.05, 0.1) is 6.10 Å². The van der Waals surface area contributed by atoms with E-state index in [0.717, 1.165) is 19.5 Å². The van der Waals surface area contributed by atoms with Crippen molar-refractivity contribution in [2.75, 3.05) is 13.1 Å². The van der Waals surface area contributed by atoms with Crippen LogP contribution in [-0.2, 0) is 0 Å². The van der Waals surface area contributed by atoms with Crippen LogP contribution >= 0.6 is 12.4 Å². The quantitative estimate of drug-likeness (QED) is 0.606. The molecule has 3 heteroatoms. The van der Waals surface area contributed by atoms with E-state index in [4.69, 9.17) is 0 Å². The topological polar surface area (TPSA) is 32.3 Å². The molecule has 2 aliphatic rings. The smallest absolute Gasteiger partial charge is 0.0597 e. The number of rotatable bonds is 0. The lowest BCUT2D eigenvalue weighted by atomic mass is 9.76. The molecule has 0 aromatic carbocycles. The van der Waals surface area contributed by atoms with Crippen LogP contribution in [0.1, 0.15) is 32.1 Å². The standard InChI is InChI=1S/C9H17NO.ClH/c11-8-2-1-3-9(8)4-6-10-7-5-9;/h8,10-11H,1-7H2;1H/t8-;/m1./s1. The average Bonchev–Trinajstić information content (AvgIpc) is 2.36. The van der Waals surface area contributed by atoms with Gasteiger partial charge in [-0.1, -0.05) is 6.42 Å². The fourth-order valence-corrected chi connectivity index (χ4v) is 2.63. The maximum Gasteiger partial charge on any atom is 0.0597 e. The second-order valence-electron chi connectivity index (χ2n) is 4.02. The van der Waals surface area contributed by atoms with Gasteiger partial charge < -0.3 is 10.4 Å². The van der Waals surface area contributed by atoms with E-state index < -0.39 is 0 Å². The van der Waals surface area contributed by atoms with Gasteiger partial charge in [0.25, 0.3) is 0 Å². The van der Waals surface area contributed by atoms with E-state index in [-0.39, 0.29) is 18.5 Å². The Kier molecular flexibility index (Phi) is 3.38. The maximum absolute atomic E-state index is 9.78. The van der Waals surface area contributed by atoms with Gasteiger partial charge in [0, 0.05) is 0 Å². The molecule has 0 bridgehead atoms. The highest BCUT2D eigenvalue weighted by molar-refractivity contribution is 5.85. The van der Waals surface area contributed by atoms with Crippen molar-refractivity contribution >= 4 is 12.4 Å². The molecular weight excluding hydrogens is 174 g/mol. The monoisotopic (exact) mass is 191 g/mol. The molecule has 1 aliphatic carbocycles. The van der Waals surface area contributed by atoms with Gasteiger partial charge in [-0.15, -0.1) is 12.4 Å². The Morgan fingerprint density at radius 3 is 2.33 bits per heavy atom. The molecule has 2 fully saturated rings. The van der Waals surface area contributed by atoms with Crippen LogP contribution in [0.4, 0.5) is 0 Å². The van der Waals surface area contributed by atoms with E-state index in [9.17, 15) is 5.11 Å². The molecule has 72 valence electrons. The SMILES string of the molecule is Cl.O[C@@H]1CCCC12CCNCC2. The highest BCUT2D eigenvalue weighted by Gasteiger charge is 2.42. The molecule has 2 nitrogen and oxygen atoms in total. The lowest BCUT2D eigenvalue weighted by Crippen LogP contribution is -2.41. The maximum atomic E-state index is 9.78. The molecule has 1 atom stereocenters. The summed E-state index contributed by atoms with van der Waals surface area (Å²) in [7, 11) is 0. The fourth-order valence-electron chi connectivity index (χ4n) is 2.63. The highest BCUT2D eigenvalue weighted by Crippen LogP contribution is 2.44. The van der Waals surface area contributed by atoms with E-state index in [1.54, 1.807) is 0 Å². The van der Waals surface area contributed by atoms with Crippen molar-refractivity contribution in [1.82, 2.24) is 5.32 Å². The number of halogens is 1. The van der Waals surface area contributed by atoms with Gasteiger partial charge in [-0.05, 0) is 44.2 Å². The molecule has 0 aromatic heterocycles. The molecule has 2 N–H and O–H groups in total. The number of aliphatic hydroxyl groups excluding tert-OH is 1.